The van der Waals surface area contributed by atoms with Gasteiger partial charge in [-0.25, -0.2) is 13.2 Å². The minimum Gasteiger partial charge on any atom is -0.494 e. The zero-order valence-electron chi connectivity index (χ0n) is 23.0. The van der Waals surface area contributed by atoms with Gasteiger partial charge >= 0.3 is 6.09 Å². The number of sulfonamides is 1. The van der Waals surface area contributed by atoms with Gasteiger partial charge in [0.15, 0.2) is 0 Å². The molecule has 14 heteroatoms. The highest BCUT2D eigenvalue weighted by atomic mass is 32.2. The highest BCUT2D eigenvalue weighted by Gasteiger charge is 2.22. The van der Waals surface area contributed by atoms with Crippen LogP contribution in [0.1, 0.15) is 5.56 Å². The van der Waals surface area contributed by atoms with Crippen molar-refractivity contribution in [1.82, 2.24) is 19.9 Å². The number of para-hydroxylation sites is 1. The summed E-state index contributed by atoms with van der Waals surface area (Å²) in [6.07, 6.45) is 2.04. The van der Waals surface area contributed by atoms with Gasteiger partial charge in [0.2, 0.25) is 16.0 Å². The number of methoxy groups -OCH3 is 1. The van der Waals surface area contributed by atoms with Gasteiger partial charge in [0.25, 0.3) is 0 Å². The first-order valence-electron chi connectivity index (χ1n) is 12.9. The molecule has 0 bridgehead atoms. The van der Waals surface area contributed by atoms with Crippen molar-refractivity contribution < 1.29 is 23.1 Å². The lowest BCUT2D eigenvalue weighted by Gasteiger charge is -2.34. The molecule has 4 N–H and O–H groups in total. The number of nitrogens with zero attached hydrogens (tertiary/aromatic N) is 5. The fourth-order valence-corrected chi connectivity index (χ4v) is 5.25. The number of anilines is 5. The fourth-order valence-electron chi connectivity index (χ4n) is 4.71. The molecule has 0 aliphatic carbocycles. The van der Waals surface area contributed by atoms with Crippen LogP contribution in [-0.2, 0) is 16.6 Å². The molecule has 3 heterocycles. The molecule has 1 aliphatic heterocycles. The lowest BCUT2D eigenvalue weighted by atomic mass is 10.1. The van der Waals surface area contributed by atoms with Crippen LogP contribution in [0, 0.1) is 0 Å². The summed E-state index contributed by atoms with van der Waals surface area (Å²) in [7, 11) is -0.316. The van der Waals surface area contributed by atoms with Gasteiger partial charge in [-0.15, -0.1) is 0 Å². The number of benzene rings is 2. The lowest BCUT2D eigenvalue weighted by Crippen LogP contribution is -2.48. The topological polar surface area (TPSA) is 156 Å². The lowest BCUT2D eigenvalue weighted by molar-refractivity contribution is 0.142. The predicted molar refractivity (Wildman–Crippen MR) is 159 cm³/mol. The van der Waals surface area contributed by atoms with Crippen molar-refractivity contribution in [1.29, 1.82) is 0 Å². The third-order valence-corrected chi connectivity index (χ3v) is 8.23. The number of carboxylic acid groups (broad SMARTS) is 1. The van der Waals surface area contributed by atoms with Gasteiger partial charge in [0.1, 0.15) is 17.2 Å². The fraction of sp³-hybridized carbons (Fsp3) is 0.296. The van der Waals surface area contributed by atoms with Crippen LogP contribution in [0.3, 0.4) is 0 Å². The Balaban J connectivity index is 1.37. The Labute approximate surface area is 237 Å². The van der Waals surface area contributed by atoms with E-state index in [-0.39, 0.29) is 0 Å². The molecule has 41 heavy (non-hydrogen) atoms. The average Bonchev–Trinajstić information content (AvgIpc) is 3.44. The maximum absolute atomic E-state index is 12.2. The Morgan fingerprint density at radius 3 is 2.59 bits per heavy atom. The molecule has 0 unspecified atom stereocenters. The number of carbonyl (C=O) groups is 1. The van der Waals surface area contributed by atoms with Gasteiger partial charge in [-0.3, -0.25) is 4.31 Å². The van der Waals surface area contributed by atoms with E-state index in [0.717, 1.165) is 16.6 Å². The van der Waals surface area contributed by atoms with E-state index >= 15 is 0 Å². The highest BCUT2D eigenvalue weighted by Crippen LogP contribution is 2.33. The van der Waals surface area contributed by atoms with Gasteiger partial charge in [-0.05, 0) is 29.8 Å². The second-order valence-corrected chi connectivity index (χ2v) is 11.6. The Hall–Kier alpha value is -4.72. The summed E-state index contributed by atoms with van der Waals surface area (Å²) in [6.45, 7) is 2.39. The molecule has 0 radical (unpaired) electrons. The molecule has 0 atom stereocenters. The number of aromatic nitrogens is 3. The van der Waals surface area contributed by atoms with Crippen molar-refractivity contribution in [2.24, 2.45) is 0 Å². The van der Waals surface area contributed by atoms with Crippen LogP contribution in [0.4, 0.5) is 33.6 Å². The SMILES string of the molecule is COc1cc(N2CCN(C(=O)O)CC2)ccc1Nc1nc(NCc2ccccc2N(C)S(C)(=O)=O)c2cc[nH]c2n1. The molecule has 1 amide bonds. The molecule has 216 valence electrons. The minimum atomic E-state index is -3.43. The van der Waals surface area contributed by atoms with Gasteiger partial charge in [-0.1, -0.05) is 18.2 Å². The molecule has 0 spiro atoms. The molecule has 2 aromatic heterocycles. The molecule has 5 rings (SSSR count). The second kappa shape index (κ2) is 11.4. The summed E-state index contributed by atoms with van der Waals surface area (Å²) in [4.78, 5) is 27.2. The van der Waals surface area contributed by atoms with E-state index in [1.165, 1.54) is 22.5 Å². The van der Waals surface area contributed by atoms with Gasteiger partial charge < -0.3 is 35.3 Å². The number of ether oxygens (including phenoxy) is 1. The number of nitrogens with one attached hydrogen (secondary N) is 3. The first-order valence-corrected chi connectivity index (χ1v) is 14.8. The van der Waals surface area contributed by atoms with Gasteiger partial charge in [0, 0.05) is 57.7 Å². The van der Waals surface area contributed by atoms with E-state index in [4.69, 9.17) is 9.72 Å². The van der Waals surface area contributed by atoms with Crippen LogP contribution in [0.15, 0.2) is 54.7 Å². The van der Waals surface area contributed by atoms with Crippen molar-refractivity contribution in [2.45, 2.75) is 6.54 Å². The Kier molecular flexibility index (Phi) is 7.75. The van der Waals surface area contributed by atoms with Gasteiger partial charge in [-0.2, -0.15) is 9.97 Å². The van der Waals surface area contributed by atoms with Crippen molar-refractivity contribution in [3.05, 3.63) is 60.3 Å². The average molecular weight is 581 g/mol. The third kappa shape index (κ3) is 6.06. The van der Waals surface area contributed by atoms with E-state index in [2.05, 4.69) is 25.5 Å². The van der Waals surface area contributed by atoms with Crippen LogP contribution in [0.2, 0.25) is 0 Å². The van der Waals surface area contributed by atoms with E-state index in [1.54, 1.807) is 25.4 Å². The molecule has 4 aromatic rings. The Morgan fingerprint density at radius 2 is 1.88 bits per heavy atom. The van der Waals surface area contributed by atoms with E-state index in [9.17, 15) is 18.3 Å². The van der Waals surface area contributed by atoms with Crippen LogP contribution < -0.4 is 24.6 Å². The summed E-state index contributed by atoms with van der Waals surface area (Å²) >= 11 is 0. The number of H-pyrrole nitrogens is 1. The molecular weight excluding hydrogens is 548 g/mol. The first-order chi connectivity index (χ1) is 19.6. The third-order valence-electron chi connectivity index (χ3n) is 7.04. The summed E-state index contributed by atoms with van der Waals surface area (Å²) in [6, 6.07) is 14.9. The summed E-state index contributed by atoms with van der Waals surface area (Å²) in [5, 5.41) is 16.6. The molecule has 2 aromatic carbocycles. The van der Waals surface area contributed by atoms with Crippen molar-refractivity contribution in [3.63, 3.8) is 0 Å². The number of rotatable bonds is 9. The van der Waals surface area contributed by atoms with Crippen LogP contribution >= 0.6 is 0 Å². The summed E-state index contributed by atoms with van der Waals surface area (Å²) in [5.41, 5.74) is 3.59. The molecule has 1 saturated heterocycles. The Morgan fingerprint density at radius 1 is 1.12 bits per heavy atom. The number of aromatic amines is 1. The molecule has 13 nitrogen and oxygen atoms in total. The number of fused-ring (bicyclic) bond motifs is 1. The maximum atomic E-state index is 12.2. The van der Waals surface area contributed by atoms with E-state index in [1.807, 2.05) is 36.4 Å². The monoisotopic (exact) mass is 580 g/mol. The number of hydrogen-bond donors (Lipinski definition) is 4. The van der Waals surface area contributed by atoms with Crippen LogP contribution in [0.5, 0.6) is 5.75 Å². The zero-order chi connectivity index (χ0) is 29.1. The zero-order valence-corrected chi connectivity index (χ0v) is 23.8. The quantitative estimate of drug-likeness (QED) is 0.231. The normalized spacial score (nSPS) is 13.7. The predicted octanol–water partition coefficient (Wildman–Crippen LogP) is 3.52. The standard InChI is InChI=1S/C27H32N8O5S/c1-33(41(3,38)39)22-7-5-4-6-18(22)17-29-25-20-10-11-28-24(20)31-26(32-25)30-21-9-8-19(16-23(21)40-2)34-12-14-35(15-13-34)27(36)37/h4-11,16H,12-15,17H2,1-3H3,(H,36,37)(H3,28,29,30,31,32). The van der Waals surface area contributed by atoms with Crippen molar-refractivity contribution >= 4 is 56.0 Å². The van der Waals surface area contributed by atoms with Gasteiger partial charge in [0.05, 0.1) is 30.1 Å². The number of amides is 1. The largest absolute Gasteiger partial charge is 0.494 e. The maximum Gasteiger partial charge on any atom is 0.407 e. The highest BCUT2D eigenvalue weighted by molar-refractivity contribution is 7.92. The van der Waals surface area contributed by atoms with E-state index < -0.39 is 16.1 Å². The van der Waals surface area contributed by atoms with Crippen molar-refractivity contribution in [2.75, 3.05) is 66.4 Å². The molecular formula is C27H32N8O5S. The van der Waals surface area contributed by atoms with Crippen molar-refractivity contribution in [3.8, 4) is 5.75 Å². The summed E-state index contributed by atoms with van der Waals surface area (Å²) in [5.74, 6) is 1.50. The Bertz CT molecular complexity index is 1670. The smallest absolute Gasteiger partial charge is 0.407 e. The minimum absolute atomic E-state index is 0.333. The van der Waals surface area contributed by atoms with Crippen LogP contribution in [-0.4, -0.2) is 86.1 Å². The molecule has 0 saturated carbocycles. The number of piperazine rings is 1. The number of hydrogen-bond acceptors (Lipinski definition) is 9. The summed E-state index contributed by atoms with van der Waals surface area (Å²) < 4.78 is 31.2. The van der Waals surface area contributed by atoms with E-state index in [0.29, 0.717) is 67.3 Å². The molecule has 1 aliphatic rings. The van der Waals surface area contributed by atoms with Crippen LogP contribution in [0.25, 0.3) is 11.0 Å². The molecule has 1 fully saturated rings. The second-order valence-electron chi connectivity index (χ2n) is 9.61. The first kappa shape index (κ1) is 27.8.